The van der Waals surface area contributed by atoms with Gasteiger partial charge in [-0.3, -0.25) is 0 Å². The van der Waals surface area contributed by atoms with Gasteiger partial charge in [-0.25, -0.2) is 4.79 Å². The zero-order valence-electron chi connectivity index (χ0n) is 18.3. The molecule has 2 fully saturated rings. The molecule has 0 saturated carbocycles. The minimum Gasteiger partial charge on any atom is -0.449 e. The number of rotatable bonds is 6. The second kappa shape index (κ2) is 8.56. The topological polar surface area (TPSA) is 38.8 Å². The van der Waals surface area contributed by atoms with Crippen molar-refractivity contribution in [1.82, 2.24) is 4.90 Å². The molecule has 2 aliphatic heterocycles. The molecule has 4 nitrogen and oxygen atoms in total. The highest BCUT2D eigenvalue weighted by Gasteiger charge is 2.50. The van der Waals surface area contributed by atoms with E-state index in [2.05, 4.69) is 81.4 Å². The molecule has 30 heavy (non-hydrogen) atoms. The molecule has 2 heterocycles. The van der Waals surface area contributed by atoms with E-state index in [1.807, 2.05) is 4.90 Å². The highest BCUT2D eigenvalue weighted by atomic mass is 28.4. The van der Waals surface area contributed by atoms with Crippen LogP contribution in [0.25, 0.3) is 0 Å². The number of fused-ring (bicyclic) bond motifs is 1. The van der Waals surface area contributed by atoms with E-state index in [0.717, 1.165) is 25.7 Å². The van der Waals surface area contributed by atoms with Gasteiger partial charge in [-0.05, 0) is 34.7 Å². The summed E-state index contributed by atoms with van der Waals surface area (Å²) in [7, 11) is -2.52. The maximum Gasteiger partial charge on any atom is 0.410 e. The van der Waals surface area contributed by atoms with Crippen LogP contribution in [0.1, 0.15) is 46.5 Å². The van der Waals surface area contributed by atoms with Crippen LogP contribution in [0.3, 0.4) is 0 Å². The third-order valence-corrected chi connectivity index (χ3v) is 11.7. The van der Waals surface area contributed by atoms with E-state index in [0.29, 0.717) is 19.3 Å². The Morgan fingerprint density at radius 3 is 2.13 bits per heavy atom. The number of hydrogen-bond acceptors (Lipinski definition) is 3. The van der Waals surface area contributed by atoms with Gasteiger partial charge in [0.1, 0.15) is 0 Å². The number of hydrogen-bond donors (Lipinski definition) is 0. The summed E-state index contributed by atoms with van der Waals surface area (Å²) in [5.41, 5.74) is 0. The van der Waals surface area contributed by atoms with Gasteiger partial charge >= 0.3 is 6.09 Å². The Hall–Kier alpha value is -2.11. The standard InChI is InChI=1S/C25H33NO3Si/c1-25(2,3)30(22-10-6-4-7-11-22,23-12-8-5-9-13-23)29-19-17-21-15-14-20-16-18-28-24(27)26(20)21/h4-13,20-21H,14-19H2,1-3H3. The zero-order chi connectivity index (χ0) is 21.2. The van der Waals surface area contributed by atoms with Crippen molar-refractivity contribution in [1.29, 1.82) is 0 Å². The van der Waals surface area contributed by atoms with E-state index in [-0.39, 0.29) is 17.2 Å². The summed E-state index contributed by atoms with van der Waals surface area (Å²) in [4.78, 5) is 14.3. The van der Waals surface area contributed by atoms with Crippen LogP contribution in [0.5, 0.6) is 0 Å². The average molecular weight is 424 g/mol. The quantitative estimate of drug-likeness (QED) is 0.649. The predicted molar refractivity (Wildman–Crippen MR) is 123 cm³/mol. The van der Waals surface area contributed by atoms with Gasteiger partial charge < -0.3 is 14.1 Å². The van der Waals surface area contributed by atoms with Crippen molar-refractivity contribution in [2.75, 3.05) is 13.2 Å². The Bertz CT molecular complexity index is 810. The van der Waals surface area contributed by atoms with Gasteiger partial charge in [-0.1, -0.05) is 81.4 Å². The molecule has 2 aromatic rings. The average Bonchev–Trinajstić information content (AvgIpc) is 3.16. The normalized spacial score (nSPS) is 22.0. The molecule has 5 heteroatoms. The lowest BCUT2D eigenvalue weighted by Crippen LogP contribution is -2.66. The Balaban J connectivity index is 1.60. The van der Waals surface area contributed by atoms with Gasteiger partial charge in [0.2, 0.25) is 0 Å². The zero-order valence-corrected chi connectivity index (χ0v) is 19.3. The van der Waals surface area contributed by atoms with Crippen molar-refractivity contribution in [3.05, 3.63) is 60.7 Å². The SMILES string of the molecule is CC(C)(C)[Si](OCCC1CCC2CCOC(=O)N21)(c1ccccc1)c1ccccc1. The molecule has 0 radical (unpaired) electrons. The molecule has 0 N–H and O–H groups in total. The van der Waals surface area contributed by atoms with E-state index in [9.17, 15) is 4.79 Å². The molecule has 160 valence electrons. The Morgan fingerprint density at radius 2 is 1.57 bits per heavy atom. The van der Waals surface area contributed by atoms with Crippen LogP contribution < -0.4 is 10.4 Å². The maximum atomic E-state index is 12.3. The minimum absolute atomic E-state index is 0.0298. The first kappa shape index (κ1) is 21.1. The first-order valence-corrected chi connectivity index (χ1v) is 13.0. The maximum absolute atomic E-state index is 12.3. The van der Waals surface area contributed by atoms with Crippen molar-refractivity contribution < 1.29 is 14.0 Å². The van der Waals surface area contributed by atoms with Crippen LogP contribution >= 0.6 is 0 Å². The van der Waals surface area contributed by atoms with E-state index in [1.165, 1.54) is 10.4 Å². The van der Waals surface area contributed by atoms with Crippen molar-refractivity contribution in [2.24, 2.45) is 0 Å². The largest absolute Gasteiger partial charge is 0.449 e. The van der Waals surface area contributed by atoms with E-state index >= 15 is 0 Å². The first-order valence-electron chi connectivity index (χ1n) is 11.1. The summed E-state index contributed by atoms with van der Waals surface area (Å²) in [6.07, 6.45) is 3.80. The fourth-order valence-electron chi connectivity index (χ4n) is 5.29. The van der Waals surface area contributed by atoms with Crippen LogP contribution in [0.2, 0.25) is 5.04 Å². The van der Waals surface area contributed by atoms with Gasteiger partial charge in [-0.2, -0.15) is 0 Å². The molecule has 0 aromatic heterocycles. The molecule has 2 aliphatic rings. The number of amides is 1. The van der Waals surface area contributed by atoms with Crippen LogP contribution in [-0.4, -0.2) is 44.6 Å². The molecule has 4 rings (SSSR count). The molecule has 1 amide bonds. The van der Waals surface area contributed by atoms with Crippen LogP contribution in [0.15, 0.2) is 60.7 Å². The molecule has 0 spiro atoms. The molecule has 2 unspecified atom stereocenters. The van der Waals surface area contributed by atoms with E-state index in [1.54, 1.807) is 0 Å². The summed E-state index contributed by atoms with van der Waals surface area (Å²) in [6, 6.07) is 22.0. The third kappa shape index (κ3) is 3.81. The number of cyclic esters (lactones) is 1. The lowest BCUT2D eigenvalue weighted by molar-refractivity contribution is 0.0422. The number of nitrogens with zero attached hydrogens (tertiary/aromatic N) is 1. The molecular formula is C25H33NO3Si. The molecule has 0 aliphatic carbocycles. The van der Waals surface area contributed by atoms with Crippen molar-refractivity contribution in [3.63, 3.8) is 0 Å². The summed E-state index contributed by atoms with van der Waals surface area (Å²) >= 11 is 0. The number of carbonyl (C=O) groups excluding carboxylic acids is 1. The Labute approximate surface area is 181 Å². The first-order chi connectivity index (χ1) is 14.4. The second-order valence-electron chi connectivity index (χ2n) is 9.50. The molecule has 2 aromatic carbocycles. The molecule has 2 saturated heterocycles. The fourth-order valence-corrected chi connectivity index (χ4v) is 9.87. The number of carbonyl (C=O) groups is 1. The number of ether oxygens (including phenoxy) is 1. The van der Waals surface area contributed by atoms with Gasteiger partial charge in [-0.15, -0.1) is 0 Å². The van der Waals surface area contributed by atoms with Crippen molar-refractivity contribution in [2.45, 2.75) is 63.6 Å². The molecule has 2 atom stereocenters. The van der Waals surface area contributed by atoms with Gasteiger partial charge in [0.05, 0.1) is 6.61 Å². The third-order valence-electron chi connectivity index (χ3n) is 6.69. The van der Waals surface area contributed by atoms with Crippen LogP contribution in [-0.2, 0) is 9.16 Å². The number of benzene rings is 2. The van der Waals surface area contributed by atoms with E-state index in [4.69, 9.17) is 9.16 Å². The summed E-state index contributed by atoms with van der Waals surface area (Å²) in [6.45, 7) is 8.10. The fraction of sp³-hybridized carbons (Fsp3) is 0.480. The Morgan fingerprint density at radius 1 is 0.967 bits per heavy atom. The smallest absolute Gasteiger partial charge is 0.410 e. The summed E-state index contributed by atoms with van der Waals surface area (Å²) < 4.78 is 12.3. The van der Waals surface area contributed by atoms with E-state index < -0.39 is 8.32 Å². The highest BCUT2D eigenvalue weighted by molar-refractivity contribution is 6.99. The molecular weight excluding hydrogens is 390 g/mol. The lowest BCUT2D eigenvalue weighted by Gasteiger charge is -2.43. The van der Waals surface area contributed by atoms with Crippen molar-refractivity contribution in [3.8, 4) is 0 Å². The lowest BCUT2D eigenvalue weighted by atomic mass is 10.1. The second-order valence-corrected chi connectivity index (χ2v) is 13.8. The van der Waals surface area contributed by atoms with Gasteiger partial charge in [0.15, 0.2) is 0 Å². The van der Waals surface area contributed by atoms with Crippen molar-refractivity contribution >= 4 is 24.8 Å². The van der Waals surface area contributed by atoms with Gasteiger partial charge in [0, 0.05) is 25.1 Å². The highest BCUT2D eigenvalue weighted by Crippen LogP contribution is 2.37. The van der Waals surface area contributed by atoms with Gasteiger partial charge in [0.25, 0.3) is 8.32 Å². The predicted octanol–water partition coefficient (Wildman–Crippen LogP) is 4.33. The van der Waals surface area contributed by atoms with Crippen LogP contribution in [0, 0.1) is 0 Å². The van der Waals surface area contributed by atoms with Crippen LogP contribution in [0.4, 0.5) is 4.79 Å². The summed E-state index contributed by atoms with van der Waals surface area (Å²) in [5.74, 6) is 0. The molecule has 0 bridgehead atoms. The summed E-state index contributed by atoms with van der Waals surface area (Å²) in [5, 5.41) is 2.56. The monoisotopic (exact) mass is 423 g/mol. The minimum atomic E-state index is -2.52. The Kier molecular flexibility index (Phi) is 6.03.